The van der Waals surface area contributed by atoms with Crippen LogP contribution in [0, 0.1) is 0 Å². The molecule has 0 fully saturated rings. The minimum Gasteiger partial charge on any atom is -0.465 e. The Labute approximate surface area is 64.9 Å². The Kier molecular flexibility index (Phi) is 4.40. The van der Waals surface area contributed by atoms with Crippen LogP contribution in [0.15, 0.2) is 0 Å². The second-order valence-corrected chi connectivity index (χ2v) is 2.36. The summed E-state index contributed by atoms with van der Waals surface area (Å²) < 4.78 is 4.53. The summed E-state index contributed by atoms with van der Waals surface area (Å²) in [7, 11) is 0. The lowest BCUT2D eigenvalue weighted by molar-refractivity contribution is -0.144. The average Bonchev–Trinajstić information content (AvgIpc) is 1.87. The van der Waals surface area contributed by atoms with Crippen LogP contribution in [-0.2, 0) is 9.53 Å². The Bertz CT molecular complexity index is 114. The first-order valence-corrected chi connectivity index (χ1v) is 3.52. The SMILES string of the molecule is CCOC(=O)[C@@H](Cl)[C@@H](C)O. The van der Waals surface area contributed by atoms with Crippen LogP contribution in [0.3, 0.4) is 0 Å². The lowest BCUT2D eigenvalue weighted by atomic mass is 10.3. The lowest BCUT2D eigenvalue weighted by Crippen LogP contribution is -2.28. The van der Waals surface area contributed by atoms with E-state index in [9.17, 15) is 4.79 Å². The molecular formula is C6H11ClO3. The van der Waals surface area contributed by atoms with E-state index in [2.05, 4.69) is 4.74 Å². The molecule has 0 saturated carbocycles. The van der Waals surface area contributed by atoms with E-state index in [-0.39, 0.29) is 6.61 Å². The topological polar surface area (TPSA) is 46.5 Å². The first-order chi connectivity index (χ1) is 4.59. The maximum absolute atomic E-state index is 10.7. The normalized spacial score (nSPS) is 16.0. The molecule has 1 N–H and O–H groups in total. The molecule has 0 heterocycles. The number of carbonyl (C=O) groups is 1. The molecule has 3 nitrogen and oxygen atoms in total. The number of esters is 1. The Morgan fingerprint density at radius 2 is 2.30 bits per heavy atom. The fourth-order valence-corrected chi connectivity index (χ4v) is 0.482. The van der Waals surface area contributed by atoms with E-state index in [1.165, 1.54) is 6.92 Å². The van der Waals surface area contributed by atoms with Crippen molar-refractivity contribution in [2.24, 2.45) is 0 Å². The zero-order valence-corrected chi connectivity index (χ0v) is 6.76. The van der Waals surface area contributed by atoms with Gasteiger partial charge in [-0.15, -0.1) is 11.6 Å². The van der Waals surface area contributed by atoms with E-state index in [1.54, 1.807) is 6.92 Å². The molecule has 0 amide bonds. The van der Waals surface area contributed by atoms with Gasteiger partial charge in [-0.2, -0.15) is 0 Å². The molecule has 4 heteroatoms. The van der Waals surface area contributed by atoms with E-state index in [1.807, 2.05) is 0 Å². The zero-order chi connectivity index (χ0) is 8.15. The van der Waals surface area contributed by atoms with Gasteiger partial charge in [0.05, 0.1) is 12.7 Å². The average molecular weight is 167 g/mol. The van der Waals surface area contributed by atoms with Crippen molar-refractivity contribution in [3.8, 4) is 0 Å². The summed E-state index contributed by atoms with van der Waals surface area (Å²) in [5.41, 5.74) is 0. The Morgan fingerprint density at radius 1 is 1.80 bits per heavy atom. The van der Waals surface area contributed by atoms with Gasteiger partial charge in [0.1, 0.15) is 0 Å². The van der Waals surface area contributed by atoms with Gasteiger partial charge in [-0.25, -0.2) is 0 Å². The van der Waals surface area contributed by atoms with Crippen LogP contribution >= 0.6 is 11.6 Å². The maximum Gasteiger partial charge on any atom is 0.326 e. The Hall–Kier alpha value is -0.280. The van der Waals surface area contributed by atoms with Crippen molar-refractivity contribution < 1.29 is 14.6 Å². The minimum atomic E-state index is -0.944. The van der Waals surface area contributed by atoms with Gasteiger partial charge in [-0.1, -0.05) is 0 Å². The van der Waals surface area contributed by atoms with Crippen LogP contribution in [0.4, 0.5) is 0 Å². The molecule has 0 aliphatic rings. The quantitative estimate of drug-likeness (QED) is 0.492. The Morgan fingerprint density at radius 3 is 2.60 bits per heavy atom. The molecule has 0 unspecified atom stereocenters. The van der Waals surface area contributed by atoms with E-state index >= 15 is 0 Å². The molecule has 60 valence electrons. The fraction of sp³-hybridized carbons (Fsp3) is 0.833. The third-order valence-corrected chi connectivity index (χ3v) is 1.48. The fourth-order valence-electron chi connectivity index (χ4n) is 0.419. The summed E-state index contributed by atoms with van der Waals surface area (Å²) in [5, 5.41) is 7.84. The van der Waals surface area contributed by atoms with E-state index < -0.39 is 17.5 Å². The van der Waals surface area contributed by atoms with Crippen molar-refractivity contribution in [3.63, 3.8) is 0 Å². The van der Waals surface area contributed by atoms with Crippen molar-refractivity contribution in [2.45, 2.75) is 25.3 Å². The predicted molar refractivity (Wildman–Crippen MR) is 38.0 cm³/mol. The smallest absolute Gasteiger partial charge is 0.326 e. The molecule has 0 spiro atoms. The van der Waals surface area contributed by atoms with Crippen molar-refractivity contribution in [2.75, 3.05) is 6.61 Å². The van der Waals surface area contributed by atoms with Crippen LogP contribution in [0.2, 0.25) is 0 Å². The maximum atomic E-state index is 10.7. The molecule has 0 aliphatic heterocycles. The van der Waals surface area contributed by atoms with Crippen molar-refractivity contribution in [1.29, 1.82) is 0 Å². The second-order valence-electron chi connectivity index (χ2n) is 1.89. The summed E-state index contributed by atoms with van der Waals surface area (Å²) >= 11 is 5.42. The largest absolute Gasteiger partial charge is 0.465 e. The summed E-state index contributed by atoms with van der Waals surface area (Å²) in [6.07, 6.45) is -0.860. The van der Waals surface area contributed by atoms with Crippen LogP contribution in [0.5, 0.6) is 0 Å². The van der Waals surface area contributed by atoms with Crippen LogP contribution in [0.1, 0.15) is 13.8 Å². The molecule has 0 radical (unpaired) electrons. The number of alkyl halides is 1. The molecule has 0 aromatic rings. The zero-order valence-electron chi connectivity index (χ0n) is 6.00. The van der Waals surface area contributed by atoms with Gasteiger partial charge in [0.2, 0.25) is 0 Å². The number of halogens is 1. The molecule has 0 saturated heterocycles. The molecule has 10 heavy (non-hydrogen) atoms. The molecular weight excluding hydrogens is 156 g/mol. The minimum absolute atomic E-state index is 0.286. The highest BCUT2D eigenvalue weighted by Gasteiger charge is 2.21. The van der Waals surface area contributed by atoms with E-state index in [0.29, 0.717) is 0 Å². The van der Waals surface area contributed by atoms with Gasteiger partial charge in [0.25, 0.3) is 0 Å². The van der Waals surface area contributed by atoms with E-state index in [4.69, 9.17) is 16.7 Å². The number of aliphatic hydroxyl groups is 1. The number of hydrogen-bond donors (Lipinski definition) is 1. The molecule has 0 aliphatic carbocycles. The number of ether oxygens (including phenoxy) is 1. The Balaban J connectivity index is 3.71. The highest BCUT2D eigenvalue weighted by atomic mass is 35.5. The summed E-state index contributed by atoms with van der Waals surface area (Å²) in [5.74, 6) is -0.570. The van der Waals surface area contributed by atoms with Crippen LogP contribution in [0.25, 0.3) is 0 Å². The van der Waals surface area contributed by atoms with Gasteiger partial charge >= 0.3 is 5.97 Å². The van der Waals surface area contributed by atoms with Gasteiger partial charge in [-0.3, -0.25) is 4.79 Å². The van der Waals surface area contributed by atoms with Crippen molar-refractivity contribution >= 4 is 17.6 Å². The number of rotatable bonds is 3. The number of carbonyl (C=O) groups excluding carboxylic acids is 1. The van der Waals surface area contributed by atoms with Crippen LogP contribution in [-0.4, -0.2) is 29.2 Å². The summed E-state index contributed by atoms with van der Waals surface area (Å²) in [4.78, 5) is 10.7. The van der Waals surface area contributed by atoms with Crippen molar-refractivity contribution in [1.82, 2.24) is 0 Å². The highest BCUT2D eigenvalue weighted by Crippen LogP contribution is 2.04. The number of aliphatic hydroxyl groups excluding tert-OH is 1. The van der Waals surface area contributed by atoms with Gasteiger partial charge in [0.15, 0.2) is 5.38 Å². The summed E-state index contributed by atoms with van der Waals surface area (Å²) in [6, 6.07) is 0. The molecule has 0 aromatic heterocycles. The second kappa shape index (κ2) is 4.52. The van der Waals surface area contributed by atoms with Gasteiger partial charge in [0, 0.05) is 0 Å². The van der Waals surface area contributed by atoms with Crippen LogP contribution < -0.4 is 0 Å². The molecule has 0 bridgehead atoms. The third kappa shape index (κ3) is 3.03. The monoisotopic (exact) mass is 166 g/mol. The first kappa shape index (κ1) is 9.72. The van der Waals surface area contributed by atoms with Gasteiger partial charge < -0.3 is 9.84 Å². The first-order valence-electron chi connectivity index (χ1n) is 3.08. The van der Waals surface area contributed by atoms with E-state index in [0.717, 1.165) is 0 Å². The lowest BCUT2D eigenvalue weighted by Gasteiger charge is -2.09. The molecule has 0 rings (SSSR count). The standard InChI is InChI=1S/C6H11ClO3/c1-3-10-6(9)5(7)4(2)8/h4-5,8H,3H2,1-2H3/t4-,5+/m1/s1. The highest BCUT2D eigenvalue weighted by molar-refractivity contribution is 6.30. The summed E-state index contributed by atoms with van der Waals surface area (Å²) in [6.45, 7) is 3.41. The predicted octanol–water partition coefficient (Wildman–Crippen LogP) is 0.538. The molecule has 0 aromatic carbocycles. The van der Waals surface area contributed by atoms with Gasteiger partial charge in [-0.05, 0) is 13.8 Å². The molecule has 2 atom stereocenters. The third-order valence-electron chi connectivity index (χ3n) is 0.935. The van der Waals surface area contributed by atoms with Crippen molar-refractivity contribution in [3.05, 3.63) is 0 Å². The number of hydrogen-bond acceptors (Lipinski definition) is 3.